The zero-order valence-electron chi connectivity index (χ0n) is 9.29. The van der Waals surface area contributed by atoms with Crippen LogP contribution in [0, 0.1) is 6.92 Å². The largest absolute Gasteiger partial charge is 0.489 e. The normalized spacial score (nSPS) is 20.4. The molecule has 1 unspecified atom stereocenters. The molecule has 0 bridgehead atoms. The SMILES string of the molecule is Cc1nc2ccc(OC3CCNC3)cc2[nH]1. The van der Waals surface area contributed by atoms with Gasteiger partial charge in [0.1, 0.15) is 17.7 Å². The molecule has 1 saturated heterocycles. The molecule has 0 spiro atoms. The van der Waals surface area contributed by atoms with Gasteiger partial charge in [0.2, 0.25) is 0 Å². The van der Waals surface area contributed by atoms with E-state index in [-0.39, 0.29) is 0 Å². The summed E-state index contributed by atoms with van der Waals surface area (Å²) in [5.41, 5.74) is 2.04. The van der Waals surface area contributed by atoms with Crippen molar-refractivity contribution in [2.45, 2.75) is 19.4 Å². The van der Waals surface area contributed by atoms with Gasteiger partial charge in [-0.1, -0.05) is 0 Å². The van der Waals surface area contributed by atoms with E-state index in [9.17, 15) is 0 Å². The Hall–Kier alpha value is -1.55. The lowest BCUT2D eigenvalue weighted by molar-refractivity contribution is 0.223. The van der Waals surface area contributed by atoms with Crippen molar-refractivity contribution in [2.24, 2.45) is 0 Å². The molecule has 0 amide bonds. The second-order valence-electron chi connectivity index (χ2n) is 4.23. The molecular formula is C12H15N3O. The van der Waals surface area contributed by atoms with E-state index in [0.29, 0.717) is 6.10 Å². The molecule has 1 fully saturated rings. The second-order valence-corrected chi connectivity index (χ2v) is 4.23. The van der Waals surface area contributed by atoms with Crippen molar-refractivity contribution in [3.63, 3.8) is 0 Å². The van der Waals surface area contributed by atoms with Gasteiger partial charge in [0.05, 0.1) is 11.0 Å². The highest BCUT2D eigenvalue weighted by Gasteiger charge is 2.15. The van der Waals surface area contributed by atoms with Gasteiger partial charge in [-0.15, -0.1) is 0 Å². The van der Waals surface area contributed by atoms with Crippen molar-refractivity contribution >= 4 is 11.0 Å². The molecule has 0 radical (unpaired) electrons. The summed E-state index contributed by atoms with van der Waals surface area (Å²) in [7, 11) is 0. The highest BCUT2D eigenvalue weighted by Crippen LogP contribution is 2.21. The Morgan fingerprint density at radius 1 is 1.44 bits per heavy atom. The minimum Gasteiger partial charge on any atom is -0.489 e. The van der Waals surface area contributed by atoms with E-state index in [1.165, 1.54) is 0 Å². The number of fused-ring (bicyclic) bond motifs is 1. The van der Waals surface area contributed by atoms with Crippen molar-refractivity contribution in [2.75, 3.05) is 13.1 Å². The van der Waals surface area contributed by atoms with Crippen molar-refractivity contribution in [3.8, 4) is 5.75 Å². The number of aromatic amines is 1. The van der Waals surface area contributed by atoms with E-state index in [1.807, 2.05) is 25.1 Å². The summed E-state index contributed by atoms with van der Waals surface area (Å²) < 4.78 is 5.88. The molecule has 1 aliphatic heterocycles. The van der Waals surface area contributed by atoms with Crippen LogP contribution in [-0.4, -0.2) is 29.2 Å². The zero-order valence-corrected chi connectivity index (χ0v) is 9.29. The third-order valence-corrected chi connectivity index (χ3v) is 2.89. The fraction of sp³-hybridized carbons (Fsp3) is 0.417. The predicted molar refractivity (Wildman–Crippen MR) is 62.7 cm³/mol. The quantitative estimate of drug-likeness (QED) is 0.803. The lowest BCUT2D eigenvalue weighted by Gasteiger charge is -2.11. The van der Waals surface area contributed by atoms with Gasteiger partial charge in [0.15, 0.2) is 0 Å². The molecule has 2 N–H and O–H groups in total. The number of ether oxygens (including phenoxy) is 1. The van der Waals surface area contributed by atoms with Gasteiger partial charge in [-0.05, 0) is 32.0 Å². The van der Waals surface area contributed by atoms with Crippen LogP contribution in [0.1, 0.15) is 12.2 Å². The molecule has 0 aliphatic carbocycles. The zero-order chi connectivity index (χ0) is 11.0. The first-order chi connectivity index (χ1) is 7.81. The third-order valence-electron chi connectivity index (χ3n) is 2.89. The van der Waals surface area contributed by atoms with Crippen LogP contribution in [0.2, 0.25) is 0 Å². The lowest BCUT2D eigenvalue weighted by Crippen LogP contribution is -2.19. The van der Waals surface area contributed by atoms with Crippen LogP contribution in [-0.2, 0) is 0 Å². The summed E-state index contributed by atoms with van der Waals surface area (Å²) in [5.74, 6) is 1.86. The summed E-state index contributed by atoms with van der Waals surface area (Å²) in [4.78, 5) is 7.58. The minimum absolute atomic E-state index is 0.307. The fourth-order valence-electron chi connectivity index (χ4n) is 2.11. The fourth-order valence-corrected chi connectivity index (χ4v) is 2.11. The van der Waals surface area contributed by atoms with Crippen molar-refractivity contribution in [1.29, 1.82) is 0 Å². The van der Waals surface area contributed by atoms with Crippen LogP contribution in [0.5, 0.6) is 5.75 Å². The molecule has 4 heteroatoms. The maximum atomic E-state index is 5.88. The van der Waals surface area contributed by atoms with Gasteiger partial charge in [-0.25, -0.2) is 4.98 Å². The number of aryl methyl sites for hydroxylation is 1. The average Bonchev–Trinajstić information content (AvgIpc) is 2.85. The van der Waals surface area contributed by atoms with E-state index < -0.39 is 0 Å². The molecule has 1 aromatic carbocycles. The number of hydrogen-bond donors (Lipinski definition) is 2. The van der Waals surface area contributed by atoms with Crippen LogP contribution < -0.4 is 10.1 Å². The first-order valence-electron chi connectivity index (χ1n) is 5.65. The van der Waals surface area contributed by atoms with Crippen LogP contribution in [0.25, 0.3) is 11.0 Å². The summed E-state index contributed by atoms with van der Waals surface area (Å²) >= 11 is 0. The van der Waals surface area contributed by atoms with Gasteiger partial charge in [-0.3, -0.25) is 0 Å². The Balaban J connectivity index is 1.86. The molecule has 84 valence electrons. The molecule has 16 heavy (non-hydrogen) atoms. The molecule has 3 rings (SSSR count). The van der Waals surface area contributed by atoms with E-state index in [1.54, 1.807) is 0 Å². The van der Waals surface area contributed by atoms with E-state index >= 15 is 0 Å². The minimum atomic E-state index is 0.307. The molecule has 0 saturated carbocycles. The first-order valence-corrected chi connectivity index (χ1v) is 5.65. The first kappa shape index (κ1) is 9.66. The number of imidazole rings is 1. The Labute approximate surface area is 94.0 Å². The maximum absolute atomic E-state index is 5.88. The van der Waals surface area contributed by atoms with Gasteiger partial charge in [0, 0.05) is 12.6 Å². The molecule has 1 aromatic heterocycles. The highest BCUT2D eigenvalue weighted by atomic mass is 16.5. The number of benzene rings is 1. The molecule has 2 aromatic rings. The topological polar surface area (TPSA) is 49.9 Å². The summed E-state index contributed by atoms with van der Waals surface area (Å²) in [6.45, 7) is 3.96. The van der Waals surface area contributed by atoms with E-state index in [0.717, 1.165) is 42.1 Å². The van der Waals surface area contributed by atoms with E-state index in [4.69, 9.17) is 4.74 Å². The third kappa shape index (κ3) is 1.76. The Morgan fingerprint density at radius 2 is 2.38 bits per heavy atom. The molecular weight excluding hydrogens is 202 g/mol. The average molecular weight is 217 g/mol. The van der Waals surface area contributed by atoms with E-state index in [2.05, 4.69) is 15.3 Å². The number of hydrogen-bond acceptors (Lipinski definition) is 3. The Bertz CT molecular complexity index is 500. The molecule has 1 atom stereocenters. The van der Waals surface area contributed by atoms with Gasteiger partial charge in [-0.2, -0.15) is 0 Å². The molecule has 1 aliphatic rings. The number of aromatic nitrogens is 2. The molecule has 4 nitrogen and oxygen atoms in total. The van der Waals surface area contributed by atoms with Gasteiger partial charge in [0.25, 0.3) is 0 Å². The number of nitrogens with one attached hydrogen (secondary N) is 2. The standard InChI is InChI=1S/C12H15N3O/c1-8-14-11-3-2-9(6-12(11)15-8)16-10-4-5-13-7-10/h2-3,6,10,13H,4-5,7H2,1H3,(H,14,15). The van der Waals surface area contributed by atoms with Crippen LogP contribution >= 0.6 is 0 Å². The van der Waals surface area contributed by atoms with Crippen molar-refractivity contribution < 1.29 is 4.74 Å². The lowest BCUT2D eigenvalue weighted by atomic mass is 10.3. The monoisotopic (exact) mass is 217 g/mol. The van der Waals surface area contributed by atoms with Crippen molar-refractivity contribution in [1.82, 2.24) is 15.3 Å². The summed E-state index contributed by atoms with van der Waals surface area (Å²) in [6, 6.07) is 6.01. The van der Waals surface area contributed by atoms with Crippen LogP contribution in [0.15, 0.2) is 18.2 Å². The second kappa shape index (κ2) is 3.79. The van der Waals surface area contributed by atoms with Crippen LogP contribution in [0.3, 0.4) is 0 Å². The number of H-pyrrole nitrogens is 1. The van der Waals surface area contributed by atoms with Gasteiger partial charge >= 0.3 is 0 Å². The summed E-state index contributed by atoms with van der Waals surface area (Å²) in [5, 5.41) is 3.29. The van der Waals surface area contributed by atoms with Gasteiger partial charge < -0.3 is 15.0 Å². The maximum Gasteiger partial charge on any atom is 0.122 e. The molecule has 2 heterocycles. The number of nitrogens with zero attached hydrogens (tertiary/aromatic N) is 1. The smallest absolute Gasteiger partial charge is 0.122 e. The Morgan fingerprint density at radius 3 is 3.19 bits per heavy atom. The Kier molecular flexibility index (Phi) is 2.29. The van der Waals surface area contributed by atoms with Crippen LogP contribution in [0.4, 0.5) is 0 Å². The highest BCUT2D eigenvalue weighted by molar-refractivity contribution is 5.76. The summed E-state index contributed by atoms with van der Waals surface area (Å²) in [6.07, 6.45) is 1.39. The van der Waals surface area contributed by atoms with Crippen molar-refractivity contribution in [3.05, 3.63) is 24.0 Å². The predicted octanol–water partition coefficient (Wildman–Crippen LogP) is 1.61. The number of rotatable bonds is 2.